The monoisotopic (exact) mass is 329 g/mol. The van der Waals surface area contributed by atoms with Crippen LogP contribution in [-0.4, -0.2) is 18.5 Å². The Morgan fingerprint density at radius 2 is 2.00 bits per heavy atom. The summed E-state index contributed by atoms with van der Waals surface area (Å²) in [7, 11) is 0. The number of ether oxygens (including phenoxy) is 2. The van der Waals surface area contributed by atoms with E-state index in [1.807, 2.05) is 0 Å². The van der Waals surface area contributed by atoms with Crippen LogP contribution in [0.15, 0.2) is 48.5 Å². The van der Waals surface area contributed by atoms with E-state index in [0.717, 1.165) is 5.56 Å². The number of hydrogen-bond acceptors (Lipinski definition) is 4. The Bertz CT molecular complexity index is 784. The SMILES string of the molecule is O=C1COc2ccc(OC(=O)/C=C/c3ccc(Cl)cc3)cc2N1. The van der Waals surface area contributed by atoms with Gasteiger partial charge in [-0.05, 0) is 35.9 Å². The van der Waals surface area contributed by atoms with E-state index in [4.69, 9.17) is 21.1 Å². The molecule has 23 heavy (non-hydrogen) atoms. The zero-order valence-electron chi connectivity index (χ0n) is 11.9. The summed E-state index contributed by atoms with van der Waals surface area (Å²) >= 11 is 5.79. The van der Waals surface area contributed by atoms with Gasteiger partial charge >= 0.3 is 5.97 Å². The summed E-state index contributed by atoms with van der Waals surface area (Å²) in [5.41, 5.74) is 1.31. The molecule has 0 spiro atoms. The summed E-state index contributed by atoms with van der Waals surface area (Å²) in [5, 5.41) is 3.28. The minimum atomic E-state index is -0.525. The van der Waals surface area contributed by atoms with Gasteiger partial charge in [-0.1, -0.05) is 23.7 Å². The molecular weight excluding hydrogens is 318 g/mol. The summed E-state index contributed by atoms with van der Waals surface area (Å²) in [5.74, 6) is 0.0907. The van der Waals surface area contributed by atoms with Gasteiger partial charge in [0.15, 0.2) is 6.61 Å². The van der Waals surface area contributed by atoms with E-state index in [2.05, 4.69) is 5.32 Å². The lowest BCUT2D eigenvalue weighted by Crippen LogP contribution is -2.25. The molecule has 0 saturated heterocycles. The van der Waals surface area contributed by atoms with Gasteiger partial charge in [0.25, 0.3) is 5.91 Å². The predicted molar refractivity (Wildman–Crippen MR) is 86.7 cm³/mol. The molecule has 6 heteroatoms. The first kappa shape index (κ1) is 15.1. The van der Waals surface area contributed by atoms with Gasteiger partial charge in [-0.3, -0.25) is 4.79 Å². The zero-order valence-corrected chi connectivity index (χ0v) is 12.7. The Morgan fingerprint density at radius 1 is 1.22 bits per heavy atom. The quantitative estimate of drug-likeness (QED) is 0.533. The number of carbonyl (C=O) groups excluding carboxylic acids is 2. The van der Waals surface area contributed by atoms with Crippen molar-refractivity contribution in [2.24, 2.45) is 0 Å². The van der Waals surface area contributed by atoms with Crippen molar-refractivity contribution in [1.29, 1.82) is 0 Å². The third kappa shape index (κ3) is 3.90. The van der Waals surface area contributed by atoms with E-state index in [0.29, 0.717) is 22.2 Å². The van der Waals surface area contributed by atoms with Gasteiger partial charge in [-0.15, -0.1) is 0 Å². The molecule has 1 N–H and O–H groups in total. The van der Waals surface area contributed by atoms with Crippen LogP contribution in [0.5, 0.6) is 11.5 Å². The summed E-state index contributed by atoms with van der Waals surface area (Å²) in [6.07, 6.45) is 2.94. The van der Waals surface area contributed by atoms with E-state index < -0.39 is 5.97 Å². The molecule has 0 aliphatic carbocycles. The molecule has 0 atom stereocenters. The molecule has 0 bridgehead atoms. The van der Waals surface area contributed by atoms with E-state index in [1.54, 1.807) is 48.5 Å². The van der Waals surface area contributed by atoms with Crippen molar-refractivity contribution in [2.45, 2.75) is 0 Å². The molecule has 0 saturated carbocycles. The molecule has 0 unspecified atom stereocenters. The van der Waals surface area contributed by atoms with E-state index in [-0.39, 0.29) is 12.5 Å². The van der Waals surface area contributed by atoms with Gasteiger partial charge < -0.3 is 14.8 Å². The normalized spacial score (nSPS) is 13.2. The standard InChI is InChI=1S/C17H12ClNO4/c18-12-4-1-11(2-5-12)3-8-17(21)23-13-6-7-15-14(9-13)19-16(20)10-22-15/h1-9H,10H2,(H,19,20)/b8-3+. The Kier molecular flexibility index (Phi) is 4.30. The Balaban J connectivity index is 1.67. The maximum Gasteiger partial charge on any atom is 0.336 e. The molecule has 2 aromatic carbocycles. The fourth-order valence-corrected chi connectivity index (χ4v) is 2.14. The summed E-state index contributed by atoms with van der Waals surface area (Å²) in [6, 6.07) is 11.8. The molecule has 1 aliphatic heterocycles. The van der Waals surface area contributed by atoms with Crippen LogP contribution in [0.25, 0.3) is 6.08 Å². The van der Waals surface area contributed by atoms with Gasteiger partial charge in [0.05, 0.1) is 5.69 Å². The number of benzene rings is 2. The third-order valence-electron chi connectivity index (χ3n) is 3.08. The third-order valence-corrected chi connectivity index (χ3v) is 3.34. The molecule has 2 aromatic rings. The van der Waals surface area contributed by atoms with Gasteiger partial charge in [0.2, 0.25) is 0 Å². The first-order chi connectivity index (χ1) is 11.1. The maximum absolute atomic E-state index is 11.8. The Labute approximate surface area is 137 Å². The largest absolute Gasteiger partial charge is 0.482 e. The van der Waals surface area contributed by atoms with Crippen LogP contribution in [0.3, 0.4) is 0 Å². The lowest BCUT2D eigenvalue weighted by atomic mass is 10.2. The molecule has 0 radical (unpaired) electrons. The number of halogens is 1. The number of rotatable bonds is 3. The molecule has 3 rings (SSSR count). The van der Waals surface area contributed by atoms with Crippen molar-refractivity contribution in [3.63, 3.8) is 0 Å². The highest BCUT2D eigenvalue weighted by atomic mass is 35.5. The highest BCUT2D eigenvalue weighted by Crippen LogP contribution is 2.31. The molecule has 1 heterocycles. The minimum absolute atomic E-state index is 0.0179. The lowest BCUT2D eigenvalue weighted by Gasteiger charge is -2.18. The number of nitrogens with one attached hydrogen (secondary N) is 1. The van der Waals surface area contributed by atoms with Crippen molar-refractivity contribution in [1.82, 2.24) is 0 Å². The Morgan fingerprint density at radius 3 is 2.78 bits per heavy atom. The van der Waals surface area contributed by atoms with Crippen LogP contribution in [-0.2, 0) is 9.59 Å². The number of hydrogen-bond donors (Lipinski definition) is 1. The summed E-state index contributed by atoms with van der Waals surface area (Å²) in [6.45, 7) is -0.0179. The fraction of sp³-hybridized carbons (Fsp3) is 0.0588. The molecule has 1 amide bonds. The first-order valence-electron chi connectivity index (χ1n) is 6.82. The van der Waals surface area contributed by atoms with Crippen LogP contribution in [0.2, 0.25) is 5.02 Å². The van der Waals surface area contributed by atoms with Crippen molar-refractivity contribution >= 4 is 35.2 Å². The second-order valence-electron chi connectivity index (χ2n) is 4.80. The van der Waals surface area contributed by atoms with Crippen molar-refractivity contribution in [3.05, 3.63) is 59.1 Å². The van der Waals surface area contributed by atoms with Crippen LogP contribution in [0, 0.1) is 0 Å². The van der Waals surface area contributed by atoms with Gasteiger partial charge in [-0.25, -0.2) is 4.79 Å². The van der Waals surface area contributed by atoms with E-state index in [9.17, 15) is 9.59 Å². The molecular formula is C17H12ClNO4. The highest BCUT2D eigenvalue weighted by molar-refractivity contribution is 6.30. The van der Waals surface area contributed by atoms with E-state index >= 15 is 0 Å². The molecule has 1 aliphatic rings. The summed E-state index contributed by atoms with van der Waals surface area (Å²) in [4.78, 5) is 23.1. The second kappa shape index (κ2) is 6.54. The number of carbonyl (C=O) groups is 2. The summed E-state index contributed by atoms with van der Waals surface area (Å²) < 4.78 is 10.4. The Hall–Kier alpha value is -2.79. The average molecular weight is 330 g/mol. The average Bonchev–Trinajstić information content (AvgIpc) is 2.54. The fourth-order valence-electron chi connectivity index (χ4n) is 2.01. The van der Waals surface area contributed by atoms with Crippen LogP contribution < -0.4 is 14.8 Å². The topological polar surface area (TPSA) is 64.6 Å². The van der Waals surface area contributed by atoms with Crippen LogP contribution >= 0.6 is 11.6 Å². The zero-order chi connectivity index (χ0) is 16.2. The molecule has 116 valence electrons. The van der Waals surface area contributed by atoms with Gasteiger partial charge in [-0.2, -0.15) is 0 Å². The van der Waals surface area contributed by atoms with Crippen LogP contribution in [0.4, 0.5) is 5.69 Å². The number of amides is 1. The smallest absolute Gasteiger partial charge is 0.336 e. The van der Waals surface area contributed by atoms with Gasteiger partial charge in [0.1, 0.15) is 11.5 Å². The molecule has 5 nitrogen and oxygen atoms in total. The predicted octanol–water partition coefficient (Wildman–Crippen LogP) is 3.29. The molecule has 0 aromatic heterocycles. The maximum atomic E-state index is 11.8. The van der Waals surface area contributed by atoms with Crippen LogP contribution in [0.1, 0.15) is 5.56 Å². The minimum Gasteiger partial charge on any atom is -0.482 e. The number of fused-ring (bicyclic) bond motifs is 1. The van der Waals surface area contributed by atoms with Crippen molar-refractivity contribution < 1.29 is 19.1 Å². The first-order valence-corrected chi connectivity index (χ1v) is 7.20. The lowest BCUT2D eigenvalue weighted by molar-refractivity contribution is -0.128. The molecule has 0 fully saturated rings. The van der Waals surface area contributed by atoms with Crippen molar-refractivity contribution in [2.75, 3.05) is 11.9 Å². The van der Waals surface area contributed by atoms with Gasteiger partial charge in [0, 0.05) is 17.2 Å². The second-order valence-corrected chi connectivity index (χ2v) is 5.24. The van der Waals surface area contributed by atoms with Crippen molar-refractivity contribution in [3.8, 4) is 11.5 Å². The highest BCUT2D eigenvalue weighted by Gasteiger charge is 2.16. The number of anilines is 1. The number of esters is 1. The van der Waals surface area contributed by atoms with E-state index in [1.165, 1.54) is 6.08 Å².